The Morgan fingerprint density at radius 2 is 1.90 bits per heavy atom. The summed E-state index contributed by atoms with van der Waals surface area (Å²) in [6.45, 7) is 2.21. The molecule has 0 bridgehead atoms. The summed E-state index contributed by atoms with van der Waals surface area (Å²) in [5.74, 6) is 0.629. The first-order valence-electron chi connectivity index (χ1n) is 6.74. The normalized spacial score (nSPS) is 21.4. The van der Waals surface area contributed by atoms with Crippen molar-refractivity contribution in [3.05, 3.63) is 59.9 Å². The van der Waals surface area contributed by atoms with Crippen LogP contribution in [0.5, 0.6) is 0 Å². The molecule has 2 aromatic rings. The predicted octanol–water partition coefficient (Wildman–Crippen LogP) is 4.18. The number of halogens is 1. The van der Waals surface area contributed by atoms with Crippen LogP contribution < -0.4 is 5.73 Å². The van der Waals surface area contributed by atoms with Crippen molar-refractivity contribution >= 4 is 29.4 Å². The van der Waals surface area contributed by atoms with E-state index in [0.29, 0.717) is 5.82 Å². The van der Waals surface area contributed by atoms with E-state index in [-0.39, 0.29) is 17.8 Å². The molecule has 0 aliphatic carbocycles. The lowest BCUT2D eigenvalue weighted by molar-refractivity contribution is 0.567. The van der Waals surface area contributed by atoms with Gasteiger partial charge in [-0.05, 0) is 35.3 Å². The Morgan fingerprint density at radius 1 is 1.15 bits per heavy atom. The summed E-state index contributed by atoms with van der Waals surface area (Å²) < 4.78 is 0. The van der Waals surface area contributed by atoms with E-state index in [1.807, 2.05) is 12.3 Å². The number of allylic oxidation sites excluding steroid dienone is 1. The number of hydrogen-bond donors (Lipinski definition) is 1. The molecule has 3 rings (SSSR count). The summed E-state index contributed by atoms with van der Waals surface area (Å²) in [6, 6.07) is 15.0. The third kappa shape index (κ3) is 2.32. The van der Waals surface area contributed by atoms with Crippen molar-refractivity contribution in [2.24, 2.45) is 10.7 Å². The van der Waals surface area contributed by atoms with E-state index in [1.54, 1.807) is 0 Å². The zero-order valence-electron chi connectivity index (χ0n) is 11.5. The van der Waals surface area contributed by atoms with E-state index in [1.165, 1.54) is 16.3 Å². The summed E-state index contributed by atoms with van der Waals surface area (Å²) in [5, 5.41) is 2.59. The first kappa shape index (κ1) is 14.6. The molecule has 1 heterocycles. The van der Waals surface area contributed by atoms with E-state index < -0.39 is 0 Å². The molecule has 2 N–H and O–H groups in total. The van der Waals surface area contributed by atoms with Crippen LogP contribution in [0, 0.1) is 0 Å². The van der Waals surface area contributed by atoms with Crippen LogP contribution in [0.15, 0.2) is 59.4 Å². The van der Waals surface area contributed by atoms with Crippen molar-refractivity contribution in [2.45, 2.75) is 25.2 Å². The van der Waals surface area contributed by atoms with Gasteiger partial charge in [0.15, 0.2) is 0 Å². The summed E-state index contributed by atoms with van der Waals surface area (Å²) in [6.07, 6.45) is 6.01. The van der Waals surface area contributed by atoms with Crippen LogP contribution in [0.1, 0.15) is 25.3 Å². The molecule has 0 radical (unpaired) electrons. The van der Waals surface area contributed by atoms with E-state index in [0.717, 1.165) is 12.8 Å². The Labute approximate surface area is 125 Å². The van der Waals surface area contributed by atoms with Gasteiger partial charge in [-0.2, -0.15) is 0 Å². The zero-order chi connectivity index (χ0) is 13.3. The van der Waals surface area contributed by atoms with Crippen LogP contribution in [-0.2, 0) is 5.41 Å². The van der Waals surface area contributed by atoms with Crippen molar-refractivity contribution in [2.75, 3.05) is 0 Å². The first-order valence-corrected chi connectivity index (χ1v) is 6.74. The van der Waals surface area contributed by atoms with Gasteiger partial charge >= 0.3 is 0 Å². The third-order valence-corrected chi connectivity index (χ3v) is 4.09. The number of benzene rings is 2. The second-order valence-electron chi connectivity index (χ2n) is 5.13. The number of nitrogens with two attached hydrogens (primary N) is 1. The molecule has 0 aromatic heterocycles. The highest BCUT2D eigenvalue weighted by atomic mass is 35.5. The summed E-state index contributed by atoms with van der Waals surface area (Å²) in [5.41, 5.74) is 7.09. The second-order valence-corrected chi connectivity index (χ2v) is 5.13. The molecule has 3 heteroatoms. The van der Waals surface area contributed by atoms with Crippen molar-refractivity contribution in [1.29, 1.82) is 0 Å². The number of fused-ring (bicyclic) bond motifs is 1. The highest BCUT2D eigenvalue weighted by Crippen LogP contribution is 2.37. The van der Waals surface area contributed by atoms with Gasteiger partial charge in [0.1, 0.15) is 5.82 Å². The highest BCUT2D eigenvalue weighted by Gasteiger charge is 2.30. The van der Waals surface area contributed by atoms with Gasteiger partial charge < -0.3 is 5.73 Å². The van der Waals surface area contributed by atoms with Crippen LogP contribution in [0.2, 0.25) is 0 Å². The summed E-state index contributed by atoms with van der Waals surface area (Å²) in [4.78, 5) is 4.35. The minimum Gasteiger partial charge on any atom is -0.384 e. The smallest absolute Gasteiger partial charge is 0.118 e. The predicted molar refractivity (Wildman–Crippen MR) is 88.5 cm³/mol. The quantitative estimate of drug-likeness (QED) is 0.883. The number of nitrogens with zero attached hydrogens (tertiary/aromatic N) is 1. The lowest BCUT2D eigenvalue weighted by atomic mass is 9.74. The number of aliphatic imine (C=N–C) groups is 1. The molecule has 2 aromatic carbocycles. The molecule has 0 spiro atoms. The van der Waals surface area contributed by atoms with Gasteiger partial charge in [-0.1, -0.05) is 49.4 Å². The Kier molecular flexibility index (Phi) is 4.15. The van der Waals surface area contributed by atoms with Gasteiger partial charge in [0.2, 0.25) is 0 Å². The minimum atomic E-state index is -0.0241. The molecule has 1 atom stereocenters. The lowest BCUT2D eigenvalue weighted by Gasteiger charge is -2.31. The average Bonchev–Trinajstić information content (AvgIpc) is 2.48. The van der Waals surface area contributed by atoms with Crippen molar-refractivity contribution in [3.63, 3.8) is 0 Å². The minimum absolute atomic E-state index is 0. The Balaban J connectivity index is 0.00000147. The van der Waals surface area contributed by atoms with Crippen LogP contribution in [0.25, 0.3) is 10.8 Å². The largest absolute Gasteiger partial charge is 0.384 e. The third-order valence-electron chi connectivity index (χ3n) is 4.09. The Hall–Kier alpha value is -1.80. The van der Waals surface area contributed by atoms with Crippen molar-refractivity contribution in [3.8, 4) is 0 Å². The number of rotatable bonds is 2. The van der Waals surface area contributed by atoms with E-state index in [2.05, 4.69) is 54.4 Å². The van der Waals surface area contributed by atoms with Gasteiger partial charge in [0.25, 0.3) is 0 Å². The lowest BCUT2D eigenvalue weighted by Crippen LogP contribution is -2.29. The maximum Gasteiger partial charge on any atom is 0.118 e. The average molecular weight is 287 g/mol. The molecule has 1 aliphatic heterocycles. The molecule has 0 amide bonds. The summed E-state index contributed by atoms with van der Waals surface area (Å²) >= 11 is 0. The molecule has 104 valence electrons. The van der Waals surface area contributed by atoms with Gasteiger partial charge in [-0.25, -0.2) is 4.99 Å². The second kappa shape index (κ2) is 5.68. The van der Waals surface area contributed by atoms with E-state index >= 15 is 0 Å². The Morgan fingerprint density at radius 3 is 2.60 bits per heavy atom. The molecule has 0 fully saturated rings. The van der Waals surface area contributed by atoms with Crippen LogP contribution in [0.4, 0.5) is 0 Å². The molecule has 20 heavy (non-hydrogen) atoms. The maximum absolute atomic E-state index is 5.76. The van der Waals surface area contributed by atoms with Crippen molar-refractivity contribution < 1.29 is 0 Å². The van der Waals surface area contributed by atoms with Gasteiger partial charge in [0, 0.05) is 11.6 Å². The van der Waals surface area contributed by atoms with E-state index in [4.69, 9.17) is 5.73 Å². The van der Waals surface area contributed by atoms with Crippen molar-refractivity contribution in [1.82, 2.24) is 0 Å². The van der Waals surface area contributed by atoms with Crippen LogP contribution in [0.3, 0.4) is 0 Å². The zero-order valence-corrected chi connectivity index (χ0v) is 12.4. The monoisotopic (exact) mass is 286 g/mol. The fourth-order valence-electron chi connectivity index (χ4n) is 2.86. The SMILES string of the molecule is CCC1(c2cccc3ccccc23)C=NC(N)=CC1.Cl. The fraction of sp³-hybridized carbons (Fsp3) is 0.235. The van der Waals surface area contributed by atoms with Crippen LogP contribution in [-0.4, -0.2) is 6.21 Å². The molecule has 0 saturated heterocycles. The van der Waals surface area contributed by atoms with E-state index in [9.17, 15) is 0 Å². The standard InChI is InChI=1S/C17H18N2.ClH/c1-2-17(11-10-16(18)19-12-17)15-9-5-7-13-6-3-4-8-14(13)15;/h3-10,12H,2,11,18H2,1H3;1H. The maximum atomic E-state index is 5.76. The summed E-state index contributed by atoms with van der Waals surface area (Å²) in [7, 11) is 0. The molecule has 1 unspecified atom stereocenters. The first-order chi connectivity index (χ1) is 9.25. The van der Waals surface area contributed by atoms with Gasteiger partial charge in [0.05, 0.1) is 0 Å². The molecule has 2 nitrogen and oxygen atoms in total. The highest BCUT2D eigenvalue weighted by molar-refractivity contribution is 5.91. The molecular formula is C17H19ClN2. The molecule has 0 saturated carbocycles. The van der Waals surface area contributed by atoms with Gasteiger partial charge in [-0.15, -0.1) is 12.4 Å². The Bertz CT molecular complexity index is 670. The fourth-order valence-corrected chi connectivity index (χ4v) is 2.86. The molecule has 1 aliphatic rings. The van der Waals surface area contributed by atoms with Crippen LogP contribution >= 0.6 is 12.4 Å². The van der Waals surface area contributed by atoms with Gasteiger partial charge in [-0.3, -0.25) is 0 Å². The topological polar surface area (TPSA) is 38.4 Å². The number of hydrogen-bond acceptors (Lipinski definition) is 2. The molecular weight excluding hydrogens is 268 g/mol.